The Balaban J connectivity index is 2.28. The molecule has 0 fully saturated rings. The first-order chi connectivity index (χ1) is 6.75. The highest BCUT2D eigenvalue weighted by Gasteiger charge is 2.09. The van der Waals surface area contributed by atoms with Crippen LogP contribution in [-0.2, 0) is 16.5 Å². The minimum absolute atomic E-state index is 0.126. The van der Waals surface area contributed by atoms with Gasteiger partial charge in [0, 0.05) is 20.4 Å². The van der Waals surface area contributed by atoms with Crippen molar-refractivity contribution in [1.29, 1.82) is 0 Å². The summed E-state index contributed by atoms with van der Waals surface area (Å²) in [5, 5.41) is 4.04. The SMILES string of the molecule is COCCOCC(N)c1ccnn1C. The second-order valence-electron chi connectivity index (χ2n) is 3.05. The van der Waals surface area contributed by atoms with Crippen LogP contribution in [0.1, 0.15) is 11.7 Å². The van der Waals surface area contributed by atoms with Crippen molar-refractivity contribution in [3.05, 3.63) is 18.0 Å². The summed E-state index contributed by atoms with van der Waals surface area (Å²) in [7, 11) is 3.51. The van der Waals surface area contributed by atoms with Crippen LogP contribution in [0.5, 0.6) is 0 Å². The fraction of sp³-hybridized carbons (Fsp3) is 0.667. The van der Waals surface area contributed by atoms with E-state index in [1.807, 2.05) is 13.1 Å². The Kier molecular flexibility index (Phi) is 4.58. The molecule has 5 nitrogen and oxygen atoms in total. The van der Waals surface area contributed by atoms with E-state index in [9.17, 15) is 0 Å². The number of ether oxygens (including phenoxy) is 2. The quantitative estimate of drug-likeness (QED) is 0.659. The highest BCUT2D eigenvalue weighted by molar-refractivity contribution is 5.05. The van der Waals surface area contributed by atoms with Gasteiger partial charge in [0.1, 0.15) is 0 Å². The average molecular weight is 199 g/mol. The number of hydrogen-bond donors (Lipinski definition) is 1. The summed E-state index contributed by atoms with van der Waals surface area (Å²) in [5.74, 6) is 0. The number of nitrogens with zero attached hydrogens (tertiary/aromatic N) is 2. The highest BCUT2D eigenvalue weighted by Crippen LogP contribution is 2.07. The minimum atomic E-state index is -0.126. The lowest BCUT2D eigenvalue weighted by Gasteiger charge is -2.12. The summed E-state index contributed by atoms with van der Waals surface area (Å²) in [6.07, 6.45) is 1.73. The largest absolute Gasteiger partial charge is 0.382 e. The van der Waals surface area contributed by atoms with Gasteiger partial charge in [-0.15, -0.1) is 0 Å². The number of rotatable bonds is 6. The van der Waals surface area contributed by atoms with Crippen LogP contribution in [0.2, 0.25) is 0 Å². The molecule has 2 N–H and O–H groups in total. The maximum absolute atomic E-state index is 5.90. The second-order valence-corrected chi connectivity index (χ2v) is 3.05. The summed E-state index contributed by atoms with van der Waals surface area (Å²) in [5.41, 5.74) is 6.87. The molecule has 0 amide bonds. The lowest BCUT2D eigenvalue weighted by Crippen LogP contribution is -2.21. The monoisotopic (exact) mass is 199 g/mol. The van der Waals surface area contributed by atoms with Crippen LogP contribution in [0.3, 0.4) is 0 Å². The molecular formula is C9H17N3O2. The smallest absolute Gasteiger partial charge is 0.0704 e. The molecule has 0 bridgehead atoms. The lowest BCUT2D eigenvalue weighted by atomic mass is 10.2. The van der Waals surface area contributed by atoms with Crippen LogP contribution >= 0.6 is 0 Å². The van der Waals surface area contributed by atoms with Gasteiger partial charge in [0.25, 0.3) is 0 Å². The molecule has 0 aliphatic heterocycles. The molecule has 1 aromatic heterocycles. The number of aryl methyl sites for hydroxylation is 1. The van der Waals surface area contributed by atoms with Crippen molar-refractivity contribution >= 4 is 0 Å². The molecule has 1 aromatic rings. The Hall–Kier alpha value is -0.910. The van der Waals surface area contributed by atoms with E-state index in [1.54, 1.807) is 18.0 Å². The Bertz CT molecular complexity index is 262. The van der Waals surface area contributed by atoms with Crippen molar-refractivity contribution < 1.29 is 9.47 Å². The van der Waals surface area contributed by atoms with Crippen LogP contribution in [0.4, 0.5) is 0 Å². The van der Waals surface area contributed by atoms with Gasteiger partial charge < -0.3 is 15.2 Å². The van der Waals surface area contributed by atoms with Crippen molar-refractivity contribution in [2.24, 2.45) is 12.8 Å². The third kappa shape index (κ3) is 3.10. The summed E-state index contributed by atoms with van der Waals surface area (Å²) in [4.78, 5) is 0. The number of hydrogen-bond acceptors (Lipinski definition) is 4. The Labute approximate surface area is 83.8 Å². The molecule has 1 heterocycles. The van der Waals surface area contributed by atoms with Gasteiger partial charge in [0.2, 0.25) is 0 Å². The maximum atomic E-state index is 5.90. The van der Waals surface area contributed by atoms with Crippen LogP contribution in [-0.4, -0.2) is 36.7 Å². The van der Waals surface area contributed by atoms with Crippen LogP contribution < -0.4 is 5.73 Å². The number of nitrogens with two attached hydrogens (primary N) is 1. The topological polar surface area (TPSA) is 62.3 Å². The third-order valence-electron chi connectivity index (χ3n) is 1.97. The lowest BCUT2D eigenvalue weighted by molar-refractivity contribution is 0.0627. The van der Waals surface area contributed by atoms with Gasteiger partial charge in [0.15, 0.2) is 0 Å². The first-order valence-corrected chi connectivity index (χ1v) is 4.56. The van der Waals surface area contributed by atoms with Gasteiger partial charge in [-0.2, -0.15) is 5.10 Å². The number of aromatic nitrogens is 2. The average Bonchev–Trinajstić information content (AvgIpc) is 2.59. The molecule has 0 aliphatic carbocycles. The van der Waals surface area contributed by atoms with Gasteiger partial charge in [-0.05, 0) is 6.07 Å². The van der Waals surface area contributed by atoms with E-state index >= 15 is 0 Å². The highest BCUT2D eigenvalue weighted by atomic mass is 16.5. The van der Waals surface area contributed by atoms with E-state index in [1.165, 1.54) is 0 Å². The van der Waals surface area contributed by atoms with E-state index in [2.05, 4.69) is 5.10 Å². The zero-order valence-corrected chi connectivity index (χ0v) is 8.64. The molecule has 1 unspecified atom stereocenters. The Morgan fingerprint density at radius 1 is 1.57 bits per heavy atom. The molecule has 1 atom stereocenters. The molecule has 0 radical (unpaired) electrons. The van der Waals surface area contributed by atoms with Crippen LogP contribution in [0, 0.1) is 0 Å². The fourth-order valence-electron chi connectivity index (χ4n) is 1.19. The van der Waals surface area contributed by atoms with Gasteiger partial charge >= 0.3 is 0 Å². The van der Waals surface area contributed by atoms with Gasteiger partial charge in [-0.1, -0.05) is 0 Å². The first-order valence-electron chi connectivity index (χ1n) is 4.56. The molecule has 14 heavy (non-hydrogen) atoms. The molecule has 5 heteroatoms. The summed E-state index contributed by atoms with van der Waals surface area (Å²) >= 11 is 0. The van der Waals surface area contributed by atoms with Crippen LogP contribution in [0.15, 0.2) is 12.3 Å². The third-order valence-corrected chi connectivity index (χ3v) is 1.97. The minimum Gasteiger partial charge on any atom is -0.382 e. The van der Waals surface area contributed by atoms with Crippen molar-refractivity contribution in [1.82, 2.24) is 9.78 Å². The molecular weight excluding hydrogens is 182 g/mol. The molecule has 0 aliphatic rings. The zero-order chi connectivity index (χ0) is 10.4. The normalized spacial score (nSPS) is 13.1. The van der Waals surface area contributed by atoms with E-state index in [-0.39, 0.29) is 6.04 Å². The summed E-state index contributed by atoms with van der Waals surface area (Å²) in [6, 6.07) is 1.77. The standard InChI is InChI=1S/C9H17N3O2/c1-12-9(3-4-11-12)8(10)7-14-6-5-13-2/h3-4,8H,5-7,10H2,1-2H3. The molecule has 0 saturated carbocycles. The molecule has 1 rings (SSSR count). The summed E-state index contributed by atoms with van der Waals surface area (Å²) in [6.45, 7) is 1.66. The van der Waals surface area contributed by atoms with E-state index in [4.69, 9.17) is 15.2 Å². The van der Waals surface area contributed by atoms with E-state index < -0.39 is 0 Å². The molecule has 80 valence electrons. The predicted molar refractivity (Wildman–Crippen MR) is 52.8 cm³/mol. The van der Waals surface area contributed by atoms with Crippen molar-refractivity contribution in [3.8, 4) is 0 Å². The number of methoxy groups -OCH3 is 1. The molecule has 0 saturated heterocycles. The summed E-state index contributed by atoms with van der Waals surface area (Å²) < 4.78 is 11.9. The van der Waals surface area contributed by atoms with E-state index in [0.717, 1.165) is 5.69 Å². The van der Waals surface area contributed by atoms with Crippen molar-refractivity contribution in [3.63, 3.8) is 0 Å². The fourth-order valence-corrected chi connectivity index (χ4v) is 1.19. The van der Waals surface area contributed by atoms with E-state index in [0.29, 0.717) is 19.8 Å². The zero-order valence-electron chi connectivity index (χ0n) is 8.64. The first kappa shape index (κ1) is 11.2. The molecule has 0 spiro atoms. The predicted octanol–water partition coefficient (Wildman–Crippen LogP) is 0.0829. The Morgan fingerprint density at radius 3 is 2.93 bits per heavy atom. The van der Waals surface area contributed by atoms with Crippen LogP contribution in [0.25, 0.3) is 0 Å². The molecule has 0 aromatic carbocycles. The maximum Gasteiger partial charge on any atom is 0.0704 e. The van der Waals surface area contributed by atoms with Gasteiger partial charge in [0.05, 0.1) is 31.6 Å². The Morgan fingerprint density at radius 2 is 2.36 bits per heavy atom. The second kappa shape index (κ2) is 5.74. The van der Waals surface area contributed by atoms with Gasteiger partial charge in [-0.3, -0.25) is 4.68 Å². The van der Waals surface area contributed by atoms with Crippen molar-refractivity contribution in [2.45, 2.75) is 6.04 Å². The van der Waals surface area contributed by atoms with Crippen molar-refractivity contribution in [2.75, 3.05) is 26.9 Å². The van der Waals surface area contributed by atoms with Gasteiger partial charge in [-0.25, -0.2) is 0 Å².